The predicted octanol–water partition coefficient (Wildman–Crippen LogP) is 4.76. The normalized spacial score (nSPS) is 10.8. The van der Waals surface area contributed by atoms with E-state index in [0.29, 0.717) is 16.6 Å². The standard InChI is InChI=1S/C10H6Br2Cl2N2/c11-8-4-9(12)16(15-8)5-6-2-1-3-7(13)10(6)14/h1-4H,5H2. The lowest BCUT2D eigenvalue weighted by Gasteiger charge is -2.06. The molecule has 2 rings (SSSR count). The first kappa shape index (κ1) is 12.4. The van der Waals surface area contributed by atoms with Crippen molar-refractivity contribution in [1.82, 2.24) is 9.78 Å². The van der Waals surface area contributed by atoms with E-state index >= 15 is 0 Å². The van der Waals surface area contributed by atoms with Gasteiger partial charge in [-0.3, -0.25) is 4.68 Å². The van der Waals surface area contributed by atoms with Crippen molar-refractivity contribution in [1.29, 1.82) is 0 Å². The van der Waals surface area contributed by atoms with Gasteiger partial charge in [0.1, 0.15) is 9.21 Å². The third-order valence-electron chi connectivity index (χ3n) is 2.05. The zero-order chi connectivity index (χ0) is 11.7. The van der Waals surface area contributed by atoms with Crippen molar-refractivity contribution >= 4 is 55.1 Å². The van der Waals surface area contributed by atoms with Crippen molar-refractivity contribution in [3.05, 3.63) is 49.1 Å². The SMILES string of the molecule is Clc1cccc(Cn2nc(Br)cc2Br)c1Cl. The second kappa shape index (κ2) is 5.08. The number of aromatic nitrogens is 2. The average Bonchev–Trinajstić information content (AvgIpc) is 2.53. The minimum absolute atomic E-state index is 0.557. The van der Waals surface area contributed by atoms with Crippen molar-refractivity contribution in [2.45, 2.75) is 6.54 Å². The van der Waals surface area contributed by atoms with Gasteiger partial charge in [-0.1, -0.05) is 35.3 Å². The molecule has 6 heteroatoms. The fourth-order valence-corrected chi connectivity index (χ4v) is 2.82. The Labute approximate surface area is 120 Å². The highest BCUT2D eigenvalue weighted by atomic mass is 79.9. The zero-order valence-corrected chi connectivity index (χ0v) is 12.6. The van der Waals surface area contributed by atoms with Gasteiger partial charge in [-0.15, -0.1) is 0 Å². The van der Waals surface area contributed by atoms with Crippen LogP contribution in [0.15, 0.2) is 33.5 Å². The molecule has 0 fully saturated rings. The first-order valence-electron chi connectivity index (χ1n) is 4.39. The molecule has 16 heavy (non-hydrogen) atoms. The number of hydrogen-bond donors (Lipinski definition) is 0. The van der Waals surface area contributed by atoms with Crippen LogP contribution in [0, 0.1) is 0 Å². The molecule has 2 nitrogen and oxygen atoms in total. The van der Waals surface area contributed by atoms with Crippen LogP contribution in [-0.2, 0) is 6.54 Å². The second-order valence-corrected chi connectivity index (χ2v) is 5.57. The van der Waals surface area contributed by atoms with Gasteiger partial charge in [-0.25, -0.2) is 0 Å². The van der Waals surface area contributed by atoms with E-state index in [9.17, 15) is 0 Å². The Morgan fingerprint density at radius 3 is 2.62 bits per heavy atom. The zero-order valence-electron chi connectivity index (χ0n) is 7.92. The highest BCUT2D eigenvalue weighted by Crippen LogP contribution is 2.27. The highest BCUT2D eigenvalue weighted by Gasteiger charge is 2.08. The summed E-state index contributed by atoms with van der Waals surface area (Å²) in [5, 5.41) is 5.39. The van der Waals surface area contributed by atoms with Crippen LogP contribution in [-0.4, -0.2) is 9.78 Å². The van der Waals surface area contributed by atoms with Crippen LogP contribution in [0.2, 0.25) is 10.0 Å². The molecule has 1 aromatic carbocycles. The fraction of sp³-hybridized carbons (Fsp3) is 0.100. The Morgan fingerprint density at radius 2 is 2.00 bits per heavy atom. The summed E-state index contributed by atoms with van der Waals surface area (Å²) >= 11 is 18.8. The van der Waals surface area contributed by atoms with E-state index < -0.39 is 0 Å². The van der Waals surface area contributed by atoms with Crippen LogP contribution in [0.25, 0.3) is 0 Å². The average molecular weight is 385 g/mol. The Kier molecular flexibility index (Phi) is 3.95. The van der Waals surface area contributed by atoms with E-state index in [-0.39, 0.29) is 0 Å². The molecule has 0 aliphatic heterocycles. The minimum atomic E-state index is 0.557. The summed E-state index contributed by atoms with van der Waals surface area (Å²) in [6.07, 6.45) is 0. The lowest BCUT2D eigenvalue weighted by atomic mass is 10.2. The van der Waals surface area contributed by atoms with E-state index in [0.717, 1.165) is 14.8 Å². The number of rotatable bonds is 2. The Bertz CT molecular complexity index is 526. The lowest BCUT2D eigenvalue weighted by Crippen LogP contribution is -2.02. The van der Waals surface area contributed by atoms with Gasteiger partial charge in [-0.2, -0.15) is 5.10 Å². The monoisotopic (exact) mass is 382 g/mol. The summed E-state index contributed by atoms with van der Waals surface area (Å²) in [6, 6.07) is 7.44. The molecule has 0 atom stereocenters. The number of hydrogen-bond acceptors (Lipinski definition) is 1. The molecule has 0 amide bonds. The number of benzene rings is 1. The maximum atomic E-state index is 6.10. The molecule has 0 unspecified atom stereocenters. The van der Waals surface area contributed by atoms with Crippen molar-refractivity contribution in [2.24, 2.45) is 0 Å². The van der Waals surface area contributed by atoms with E-state index in [1.54, 1.807) is 10.7 Å². The van der Waals surface area contributed by atoms with Gasteiger partial charge >= 0.3 is 0 Å². The molecule has 0 bridgehead atoms. The fourth-order valence-electron chi connectivity index (χ4n) is 1.31. The number of halogens is 4. The largest absolute Gasteiger partial charge is 0.253 e. The van der Waals surface area contributed by atoms with E-state index in [2.05, 4.69) is 37.0 Å². The Morgan fingerprint density at radius 1 is 1.25 bits per heavy atom. The van der Waals surface area contributed by atoms with Crippen LogP contribution < -0.4 is 0 Å². The van der Waals surface area contributed by atoms with Gasteiger partial charge in [0.05, 0.1) is 16.6 Å². The Balaban J connectivity index is 2.34. The predicted molar refractivity (Wildman–Crippen MR) is 73.2 cm³/mol. The van der Waals surface area contributed by atoms with Crippen molar-refractivity contribution in [3.8, 4) is 0 Å². The highest BCUT2D eigenvalue weighted by molar-refractivity contribution is 9.11. The molecule has 84 valence electrons. The summed E-state index contributed by atoms with van der Waals surface area (Å²) in [5.74, 6) is 0. The van der Waals surface area contributed by atoms with Crippen LogP contribution in [0.5, 0.6) is 0 Å². The van der Waals surface area contributed by atoms with Crippen LogP contribution >= 0.6 is 55.1 Å². The molecule has 1 aromatic heterocycles. The molecule has 0 aliphatic rings. The van der Waals surface area contributed by atoms with Crippen molar-refractivity contribution < 1.29 is 0 Å². The summed E-state index contributed by atoms with van der Waals surface area (Å²) in [6.45, 7) is 0.575. The van der Waals surface area contributed by atoms with Gasteiger partial charge in [0.25, 0.3) is 0 Å². The van der Waals surface area contributed by atoms with Crippen molar-refractivity contribution in [2.75, 3.05) is 0 Å². The maximum Gasteiger partial charge on any atom is 0.129 e. The number of nitrogens with zero attached hydrogens (tertiary/aromatic N) is 2. The summed E-state index contributed by atoms with van der Waals surface area (Å²) in [4.78, 5) is 0. The third kappa shape index (κ3) is 2.62. The van der Waals surface area contributed by atoms with E-state index in [4.69, 9.17) is 23.2 Å². The van der Waals surface area contributed by atoms with E-state index in [1.807, 2.05) is 18.2 Å². The maximum absolute atomic E-state index is 6.10. The first-order valence-corrected chi connectivity index (χ1v) is 6.74. The van der Waals surface area contributed by atoms with Gasteiger partial charge in [0.15, 0.2) is 0 Å². The molecule has 2 aromatic rings. The molecule has 0 aliphatic carbocycles. The van der Waals surface area contributed by atoms with Crippen LogP contribution in [0.1, 0.15) is 5.56 Å². The molecule has 0 radical (unpaired) electrons. The first-order chi connectivity index (χ1) is 7.58. The summed E-state index contributed by atoms with van der Waals surface area (Å²) < 4.78 is 3.45. The topological polar surface area (TPSA) is 17.8 Å². The molecule has 0 spiro atoms. The van der Waals surface area contributed by atoms with Gasteiger partial charge in [-0.05, 0) is 43.5 Å². The molecule has 1 heterocycles. The summed E-state index contributed by atoms with van der Waals surface area (Å²) in [5.41, 5.74) is 0.936. The smallest absolute Gasteiger partial charge is 0.129 e. The van der Waals surface area contributed by atoms with Gasteiger partial charge in [0.2, 0.25) is 0 Å². The minimum Gasteiger partial charge on any atom is -0.253 e. The molecule has 0 saturated carbocycles. The molecule has 0 saturated heterocycles. The van der Waals surface area contributed by atoms with Gasteiger partial charge < -0.3 is 0 Å². The lowest BCUT2D eigenvalue weighted by molar-refractivity contribution is 0.667. The van der Waals surface area contributed by atoms with Crippen LogP contribution in [0.4, 0.5) is 0 Å². The second-order valence-electron chi connectivity index (χ2n) is 3.16. The van der Waals surface area contributed by atoms with Crippen LogP contribution in [0.3, 0.4) is 0 Å². The van der Waals surface area contributed by atoms with Crippen molar-refractivity contribution in [3.63, 3.8) is 0 Å². The summed E-state index contributed by atoms with van der Waals surface area (Å²) in [7, 11) is 0. The van der Waals surface area contributed by atoms with E-state index in [1.165, 1.54) is 0 Å². The Hall–Kier alpha value is -0.0300. The molecular weight excluding hydrogens is 379 g/mol. The molecular formula is C10H6Br2Cl2N2. The van der Waals surface area contributed by atoms with Gasteiger partial charge in [0, 0.05) is 6.07 Å². The quantitative estimate of drug-likeness (QED) is 0.729. The third-order valence-corrected chi connectivity index (χ3v) is 3.94. The molecule has 0 N–H and O–H groups in total.